The summed E-state index contributed by atoms with van der Waals surface area (Å²) < 4.78 is 18.4. The predicted octanol–water partition coefficient (Wildman–Crippen LogP) is 0.625. The largest absolute Gasteiger partial charge is 0.373 e. The van der Waals surface area contributed by atoms with Crippen LogP contribution in [-0.2, 0) is 4.74 Å². The normalized spacial score (nSPS) is 20.4. The molecule has 1 aliphatic heterocycles. The topological polar surface area (TPSA) is 55.6 Å². The molecule has 0 spiro atoms. The summed E-state index contributed by atoms with van der Waals surface area (Å²) in [6, 6.07) is 5.70. The summed E-state index contributed by atoms with van der Waals surface area (Å²) in [5, 5.41) is 0. The Bertz CT molecular complexity index is 411. The number of ether oxygens (including phenoxy) is 1. The molecule has 1 aromatic rings. The van der Waals surface area contributed by atoms with Crippen molar-refractivity contribution in [3.63, 3.8) is 0 Å². The minimum absolute atomic E-state index is 0.124. The Kier molecular flexibility index (Phi) is 3.71. The predicted molar refractivity (Wildman–Crippen MR) is 61.1 cm³/mol. The molecule has 1 fully saturated rings. The Morgan fingerprint density at radius 2 is 2.41 bits per heavy atom. The minimum atomic E-state index is -0.403. The van der Waals surface area contributed by atoms with Crippen LogP contribution in [0.5, 0.6) is 0 Å². The molecule has 0 aliphatic carbocycles. The van der Waals surface area contributed by atoms with E-state index in [-0.39, 0.29) is 12.0 Å². The smallest absolute Gasteiger partial charge is 0.254 e. The Labute approximate surface area is 99.2 Å². The van der Waals surface area contributed by atoms with Gasteiger partial charge in [-0.15, -0.1) is 0 Å². The number of benzene rings is 1. The number of rotatable bonds is 2. The lowest BCUT2D eigenvalue weighted by atomic mass is 10.1. The number of nitrogens with two attached hydrogens (primary N) is 1. The zero-order chi connectivity index (χ0) is 12.3. The summed E-state index contributed by atoms with van der Waals surface area (Å²) in [6.45, 7) is 1.84. The van der Waals surface area contributed by atoms with Crippen LogP contribution >= 0.6 is 0 Å². The van der Waals surface area contributed by atoms with Crippen LogP contribution in [0.2, 0.25) is 0 Å². The van der Waals surface area contributed by atoms with Gasteiger partial charge in [0.25, 0.3) is 5.91 Å². The molecule has 0 saturated carbocycles. The number of carbonyl (C=O) groups excluding carboxylic acids is 1. The molecule has 1 unspecified atom stereocenters. The lowest BCUT2D eigenvalue weighted by molar-refractivity contribution is -0.0167. The number of hydrogen-bond acceptors (Lipinski definition) is 3. The molecule has 4 nitrogen and oxygen atoms in total. The second-order valence-corrected chi connectivity index (χ2v) is 3.99. The van der Waals surface area contributed by atoms with Gasteiger partial charge in [0, 0.05) is 25.2 Å². The van der Waals surface area contributed by atoms with Gasteiger partial charge in [-0.2, -0.15) is 0 Å². The average Bonchev–Trinajstić information content (AvgIpc) is 2.38. The van der Waals surface area contributed by atoms with Crippen molar-refractivity contribution in [2.24, 2.45) is 5.73 Å². The summed E-state index contributed by atoms with van der Waals surface area (Å²) in [5.41, 5.74) is 5.87. The zero-order valence-electron chi connectivity index (χ0n) is 9.43. The summed E-state index contributed by atoms with van der Waals surface area (Å²) >= 11 is 0. The molecule has 2 rings (SSSR count). The highest BCUT2D eigenvalue weighted by molar-refractivity contribution is 5.94. The van der Waals surface area contributed by atoms with Gasteiger partial charge in [0.1, 0.15) is 5.82 Å². The fourth-order valence-electron chi connectivity index (χ4n) is 1.85. The lowest BCUT2D eigenvalue weighted by Crippen LogP contribution is -2.48. The molecule has 1 atom stereocenters. The van der Waals surface area contributed by atoms with Crippen molar-refractivity contribution in [1.82, 2.24) is 4.90 Å². The fraction of sp³-hybridized carbons (Fsp3) is 0.417. The van der Waals surface area contributed by atoms with Crippen molar-refractivity contribution in [3.05, 3.63) is 35.6 Å². The Balaban J connectivity index is 2.09. The van der Waals surface area contributed by atoms with Crippen LogP contribution in [0.25, 0.3) is 0 Å². The minimum Gasteiger partial charge on any atom is -0.373 e. The number of carbonyl (C=O) groups is 1. The van der Waals surface area contributed by atoms with Crippen LogP contribution in [0.1, 0.15) is 10.4 Å². The molecule has 5 heteroatoms. The number of hydrogen-bond donors (Lipinski definition) is 1. The molecule has 92 valence electrons. The van der Waals surface area contributed by atoms with Crippen molar-refractivity contribution >= 4 is 5.91 Å². The second kappa shape index (κ2) is 5.25. The lowest BCUT2D eigenvalue weighted by Gasteiger charge is -2.32. The maximum atomic E-state index is 13.0. The van der Waals surface area contributed by atoms with E-state index >= 15 is 0 Å². The highest BCUT2D eigenvalue weighted by atomic mass is 19.1. The Hall–Kier alpha value is -1.46. The van der Waals surface area contributed by atoms with Gasteiger partial charge in [0.15, 0.2) is 0 Å². The zero-order valence-corrected chi connectivity index (χ0v) is 9.43. The van der Waals surface area contributed by atoms with Crippen LogP contribution in [0, 0.1) is 5.82 Å². The monoisotopic (exact) mass is 238 g/mol. The van der Waals surface area contributed by atoms with Crippen LogP contribution in [-0.4, -0.2) is 43.2 Å². The third-order valence-corrected chi connectivity index (χ3v) is 2.76. The van der Waals surface area contributed by atoms with E-state index in [0.29, 0.717) is 31.8 Å². The van der Waals surface area contributed by atoms with E-state index < -0.39 is 5.82 Å². The highest BCUT2D eigenvalue weighted by Crippen LogP contribution is 2.11. The molecule has 17 heavy (non-hydrogen) atoms. The van der Waals surface area contributed by atoms with Crippen molar-refractivity contribution in [1.29, 1.82) is 0 Å². The maximum absolute atomic E-state index is 13.0. The molecule has 1 aliphatic rings. The molecular formula is C12H15FN2O2. The third kappa shape index (κ3) is 2.81. The molecule has 1 amide bonds. The fourth-order valence-corrected chi connectivity index (χ4v) is 1.85. The molecule has 0 radical (unpaired) electrons. The first-order valence-corrected chi connectivity index (χ1v) is 5.57. The number of halogens is 1. The van der Waals surface area contributed by atoms with E-state index in [0.717, 1.165) is 0 Å². The van der Waals surface area contributed by atoms with E-state index in [1.165, 1.54) is 18.2 Å². The first-order chi connectivity index (χ1) is 8.20. The number of morpholine rings is 1. The van der Waals surface area contributed by atoms with Gasteiger partial charge >= 0.3 is 0 Å². The number of amides is 1. The standard InChI is InChI=1S/C12H15FN2O2/c13-10-3-1-2-9(6-10)12(16)15-4-5-17-11(7-14)8-15/h1-3,6,11H,4-5,7-8,14H2. The SMILES string of the molecule is NCC1CN(C(=O)c2cccc(F)c2)CCO1. The maximum Gasteiger partial charge on any atom is 0.254 e. The molecule has 0 bridgehead atoms. The summed E-state index contributed by atoms with van der Waals surface area (Å²) in [6.07, 6.45) is -0.124. The van der Waals surface area contributed by atoms with Gasteiger partial charge in [-0.3, -0.25) is 4.79 Å². The molecule has 1 aromatic carbocycles. The highest BCUT2D eigenvalue weighted by Gasteiger charge is 2.24. The Morgan fingerprint density at radius 1 is 1.59 bits per heavy atom. The van der Waals surface area contributed by atoms with E-state index in [9.17, 15) is 9.18 Å². The molecular weight excluding hydrogens is 223 g/mol. The van der Waals surface area contributed by atoms with Gasteiger partial charge in [-0.25, -0.2) is 4.39 Å². The van der Waals surface area contributed by atoms with Crippen LogP contribution in [0.3, 0.4) is 0 Å². The van der Waals surface area contributed by atoms with E-state index in [4.69, 9.17) is 10.5 Å². The van der Waals surface area contributed by atoms with E-state index in [1.54, 1.807) is 11.0 Å². The van der Waals surface area contributed by atoms with Crippen molar-refractivity contribution in [2.75, 3.05) is 26.2 Å². The quantitative estimate of drug-likeness (QED) is 0.822. The molecule has 1 heterocycles. The van der Waals surface area contributed by atoms with Crippen molar-refractivity contribution in [3.8, 4) is 0 Å². The van der Waals surface area contributed by atoms with Gasteiger partial charge < -0.3 is 15.4 Å². The van der Waals surface area contributed by atoms with Gasteiger partial charge in [-0.1, -0.05) is 6.07 Å². The first kappa shape index (κ1) is 12.0. The van der Waals surface area contributed by atoms with Crippen LogP contribution in [0.4, 0.5) is 4.39 Å². The molecule has 0 aromatic heterocycles. The van der Waals surface area contributed by atoms with Gasteiger partial charge in [0.2, 0.25) is 0 Å². The average molecular weight is 238 g/mol. The van der Waals surface area contributed by atoms with Gasteiger partial charge in [-0.05, 0) is 18.2 Å². The van der Waals surface area contributed by atoms with Crippen molar-refractivity contribution < 1.29 is 13.9 Å². The van der Waals surface area contributed by atoms with Crippen LogP contribution in [0.15, 0.2) is 24.3 Å². The van der Waals surface area contributed by atoms with E-state index in [2.05, 4.69) is 0 Å². The summed E-state index contributed by atoms with van der Waals surface area (Å²) in [5.74, 6) is -0.578. The number of nitrogens with zero attached hydrogens (tertiary/aromatic N) is 1. The van der Waals surface area contributed by atoms with Crippen LogP contribution < -0.4 is 5.73 Å². The van der Waals surface area contributed by atoms with Gasteiger partial charge in [0.05, 0.1) is 12.7 Å². The summed E-state index contributed by atoms with van der Waals surface area (Å²) in [4.78, 5) is 13.7. The molecule has 2 N–H and O–H groups in total. The first-order valence-electron chi connectivity index (χ1n) is 5.57. The third-order valence-electron chi connectivity index (χ3n) is 2.76. The second-order valence-electron chi connectivity index (χ2n) is 3.99. The Morgan fingerprint density at radius 3 is 3.12 bits per heavy atom. The molecule has 1 saturated heterocycles. The van der Waals surface area contributed by atoms with Crippen molar-refractivity contribution in [2.45, 2.75) is 6.10 Å². The van der Waals surface area contributed by atoms with E-state index in [1.807, 2.05) is 0 Å². The summed E-state index contributed by atoms with van der Waals surface area (Å²) in [7, 11) is 0.